The highest BCUT2D eigenvalue weighted by Gasteiger charge is 2.22. The summed E-state index contributed by atoms with van der Waals surface area (Å²) in [7, 11) is 0. The Morgan fingerprint density at radius 2 is 0.796 bits per heavy atom. The van der Waals surface area contributed by atoms with E-state index in [0.29, 0.717) is 0 Å². The molecule has 0 radical (unpaired) electrons. The van der Waals surface area contributed by atoms with Gasteiger partial charge in [-0.15, -0.1) is 0 Å². The highest BCUT2D eigenvalue weighted by atomic mass is 15.0. The van der Waals surface area contributed by atoms with Crippen LogP contribution >= 0.6 is 0 Å². The maximum Gasteiger partial charge on any atom is 0.0619 e. The number of aromatic nitrogens is 2. The van der Waals surface area contributed by atoms with Gasteiger partial charge in [-0.1, -0.05) is 164 Å². The third-order valence-electron chi connectivity index (χ3n) is 11.1. The molecule has 0 fully saturated rings. The lowest BCUT2D eigenvalue weighted by Gasteiger charge is -2.21. The zero-order chi connectivity index (χ0) is 35.6. The number of para-hydroxylation sites is 2. The second kappa shape index (κ2) is 12.2. The highest BCUT2D eigenvalue weighted by Crippen LogP contribution is 2.45. The van der Waals surface area contributed by atoms with Gasteiger partial charge in [0.25, 0.3) is 0 Å². The summed E-state index contributed by atoms with van der Waals surface area (Å²) in [5, 5.41) is 9.87. The molecule has 0 aliphatic carbocycles. The molecular formula is C52H34N2. The summed E-state index contributed by atoms with van der Waals surface area (Å²) in [6.07, 6.45) is 0. The fourth-order valence-corrected chi connectivity index (χ4v) is 8.73. The van der Waals surface area contributed by atoms with Crippen LogP contribution in [0.1, 0.15) is 0 Å². The van der Waals surface area contributed by atoms with E-state index >= 15 is 0 Å². The van der Waals surface area contributed by atoms with E-state index in [9.17, 15) is 0 Å². The van der Waals surface area contributed by atoms with Gasteiger partial charge in [0.15, 0.2) is 0 Å². The van der Waals surface area contributed by atoms with Crippen LogP contribution in [0.5, 0.6) is 0 Å². The maximum absolute atomic E-state index is 2.50. The Balaban J connectivity index is 1.30. The standard InChI is InChI=1S/C52H34N2/c1-3-16-36(17-4-1)47-31-32-48(37-18-5-2-6-19-37)53(47)40-29-30-45-46(34-40)51(39-28-27-35-15-7-8-20-38(35)33-39)43-23-9-10-24-44(43)52(45)54-49-25-13-11-21-41(49)42-22-12-14-26-50(42)54/h1-34H. The highest BCUT2D eigenvalue weighted by molar-refractivity contribution is 6.21. The number of nitrogens with zero attached hydrogens (tertiary/aromatic N) is 2. The van der Waals surface area contributed by atoms with Gasteiger partial charge in [0.2, 0.25) is 0 Å². The molecule has 0 unspecified atom stereocenters. The van der Waals surface area contributed by atoms with Crippen molar-refractivity contribution in [1.29, 1.82) is 0 Å². The zero-order valence-electron chi connectivity index (χ0n) is 29.5. The summed E-state index contributed by atoms with van der Waals surface area (Å²) in [5.74, 6) is 0. The Morgan fingerprint density at radius 3 is 1.44 bits per heavy atom. The molecule has 0 amide bonds. The average Bonchev–Trinajstić information content (AvgIpc) is 3.83. The lowest BCUT2D eigenvalue weighted by atomic mass is 9.89. The van der Waals surface area contributed by atoms with Crippen LogP contribution in [0.3, 0.4) is 0 Å². The predicted molar refractivity (Wildman–Crippen MR) is 229 cm³/mol. The molecule has 0 aliphatic rings. The minimum atomic E-state index is 1.12. The molecule has 2 aromatic heterocycles. The SMILES string of the molecule is c1ccc(-c2ccc(-c3ccccc3)n2-c2ccc3c(-n4c5ccccc5c5ccccc54)c4ccccc4c(-c4ccc5ccccc5c4)c3c2)cc1. The van der Waals surface area contributed by atoms with Gasteiger partial charge in [-0.3, -0.25) is 0 Å². The smallest absolute Gasteiger partial charge is 0.0619 e. The average molecular weight is 687 g/mol. The Morgan fingerprint density at radius 1 is 0.278 bits per heavy atom. The Labute approximate surface area is 313 Å². The van der Waals surface area contributed by atoms with Crippen LogP contribution in [0.2, 0.25) is 0 Å². The van der Waals surface area contributed by atoms with Crippen molar-refractivity contribution in [3.05, 3.63) is 206 Å². The summed E-state index contributed by atoms with van der Waals surface area (Å²) in [4.78, 5) is 0. The first-order valence-corrected chi connectivity index (χ1v) is 18.6. The molecule has 0 N–H and O–H groups in total. The number of benzene rings is 9. The molecule has 9 aromatic carbocycles. The summed E-state index contributed by atoms with van der Waals surface area (Å²) in [6, 6.07) is 75.3. The van der Waals surface area contributed by atoms with Crippen molar-refractivity contribution in [2.75, 3.05) is 0 Å². The Hall–Kier alpha value is -7.16. The quantitative estimate of drug-likeness (QED) is 0.160. The van der Waals surface area contributed by atoms with Gasteiger partial charge in [-0.25, -0.2) is 0 Å². The molecule has 2 heterocycles. The van der Waals surface area contributed by atoms with Gasteiger partial charge < -0.3 is 9.13 Å². The lowest BCUT2D eigenvalue weighted by molar-refractivity contribution is 1.10. The first kappa shape index (κ1) is 30.5. The molecular weight excluding hydrogens is 653 g/mol. The first-order chi connectivity index (χ1) is 26.8. The summed E-state index contributed by atoms with van der Waals surface area (Å²) < 4.78 is 4.93. The van der Waals surface area contributed by atoms with E-state index in [1.54, 1.807) is 0 Å². The van der Waals surface area contributed by atoms with Crippen molar-refractivity contribution in [1.82, 2.24) is 9.13 Å². The van der Waals surface area contributed by atoms with E-state index in [1.165, 1.54) is 82.1 Å². The normalized spacial score (nSPS) is 11.7. The van der Waals surface area contributed by atoms with Crippen molar-refractivity contribution in [2.24, 2.45) is 0 Å². The first-order valence-electron chi connectivity index (χ1n) is 18.6. The zero-order valence-corrected chi connectivity index (χ0v) is 29.5. The van der Waals surface area contributed by atoms with Gasteiger partial charge in [0, 0.05) is 27.2 Å². The predicted octanol–water partition coefficient (Wildman–Crippen LogP) is 14.0. The third kappa shape index (κ3) is 4.67. The molecule has 0 saturated heterocycles. The van der Waals surface area contributed by atoms with Gasteiger partial charge in [-0.05, 0) is 86.3 Å². The molecule has 54 heavy (non-hydrogen) atoms. The van der Waals surface area contributed by atoms with Crippen molar-refractivity contribution >= 4 is 54.1 Å². The van der Waals surface area contributed by atoms with E-state index in [-0.39, 0.29) is 0 Å². The topological polar surface area (TPSA) is 9.86 Å². The van der Waals surface area contributed by atoms with Crippen molar-refractivity contribution < 1.29 is 0 Å². The van der Waals surface area contributed by atoms with Crippen molar-refractivity contribution in [2.45, 2.75) is 0 Å². The largest absolute Gasteiger partial charge is 0.309 e. The van der Waals surface area contributed by atoms with Crippen LogP contribution in [0.25, 0.3) is 99.1 Å². The monoisotopic (exact) mass is 686 g/mol. The third-order valence-corrected chi connectivity index (χ3v) is 11.1. The van der Waals surface area contributed by atoms with Crippen LogP contribution in [-0.4, -0.2) is 9.13 Å². The fourth-order valence-electron chi connectivity index (χ4n) is 8.73. The molecule has 0 bridgehead atoms. The minimum absolute atomic E-state index is 1.12. The molecule has 11 aromatic rings. The van der Waals surface area contributed by atoms with Crippen molar-refractivity contribution in [3.63, 3.8) is 0 Å². The molecule has 0 atom stereocenters. The van der Waals surface area contributed by atoms with Crippen LogP contribution in [-0.2, 0) is 0 Å². The number of rotatable bonds is 5. The van der Waals surface area contributed by atoms with Gasteiger partial charge in [0.1, 0.15) is 0 Å². The van der Waals surface area contributed by atoms with Crippen LogP contribution < -0.4 is 0 Å². The number of hydrogen-bond donors (Lipinski definition) is 0. The molecule has 11 rings (SSSR count). The minimum Gasteiger partial charge on any atom is -0.309 e. The summed E-state index contributed by atoms with van der Waals surface area (Å²) in [6.45, 7) is 0. The van der Waals surface area contributed by atoms with Crippen LogP contribution in [0, 0.1) is 0 Å². The molecule has 2 heteroatoms. The van der Waals surface area contributed by atoms with Gasteiger partial charge >= 0.3 is 0 Å². The number of hydrogen-bond acceptors (Lipinski definition) is 0. The molecule has 2 nitrogen and oxygen atoms in total. The van der Waals surface area contributed by atoms with E-state index < -0.39 is 0 Å². The van der Waals surface area contributed by atoms with Crippen LogP contribution in [0.4, 0.5) is 0 Å². The maximum atomic E-state index is 2.50. The number of fused-ring (bicyclic) bond motifs is 6. The van der Waals surface area contributed by atoms with Crippen molar-refractivity contribution in [3.8, 4) is 45.0 Å². The summed E-state index contributed by atoms with van der Waals surface area (Å²) >= 11 is 0. The molecule has 0 spiro atoms. The van der Waals surface area contributed by atoms with Crippen LogP contribution in [0.15, 0.2) is 206 Å². The van der Waals surface area contributed by atoms with Gasteiger partial charge in [-0.2, -0.15) is 0 Å². The summed E-state index contributed by atoms with van der Waals surface area (Å²) in [5.41, 5.74) is 11.9. The van der Waals surface area contributed by atoms with E-state index in [0.717, 1.165) is 17.1 Å². The molecule has 252 valence electrons. The van der Waals surface area contributed by atoms with E-state index in [2.05, 4.69) is 215 Å². The second-order valence-corrected chi connectivity index (χ2v) is 14.1. The molecule has 0 aliphatic heterocycles. The fraction of sp³-hybridized carbons (Fsp3) is 0. The Kier molecular flexibility index (Phi) is 6.90. The van der Waals surface area contributed by atoms with Gasteiger partial charge in [0.05, 0.1) is 28.1 Å². The van der Waals surface area contributed by atoms with E-state index in [4.69, 9.17) is 0 Å². The lowest BCUT2D eigenvalue weighted by Crippen LogP contribution is -2.02. The second-order valence-electron chi connectivity index (χ2n) is 14.1. The molecule has 0 saturated carbocycles. The van der Waals surface area contributed by atoms with E-state index in [1.807, 2.05) is 0 Å². The Bertz CT molecular complexity index is 3090.